The van der Waals surface area contributed by atoms with Crippen LogP contribution in [0.25, 0.3) is 11.2 Å². The van der Waals surface area contributed by atoms with Crippen LogP contribution in [0.3, 0.4) is 0 Å². The van der Waals surface area contributed by atoms with E-state index >= 15 is 0 Å². The Hall–Kier alpha value is -2.55. The predicted octanol–water partition coefficient (Wildman–Crippen LogP) is 2.42. The molecule has 1 aliphatic rings. The Labute approximate surface area is 163 Å². The van der Waals surface area contributed by atoms with Gasteiger partial charge in [-0.05, 0) is 18.4 Å². The average Bonchev–Trinajstić information content (AvgIpc) is 3.28. The largest absolute Gasteiger partial charge is 0.388 e. The molecule has 8 nitrogen and oxygen atoms in total. The van der Waals surface area contributed by atoms with E-state index in [1.807, 2.05) is 25.1 Å². The first-order valence-corrected chi connectivity index (χ1v) is 9.64. The van der Waals surface area contributed by atoms with Crippen LogP contribution in [-0.4, -0.2) is 48.0 Å². The smallest absolute Gasteiger partial charge is 0.167 e. The molecule has 3 heterocycles. The molecular formula is C20H25N5O3. The van der Waals surface area contributed by atoms with E-state index < -0.39 is 24.5 Å². The molecule has 2 aromatic heterocycles. The standard InChI is InChI=1S/C20H25N5O3/c1-3-13(12-8-6-5-7-9-12)24-18-15-19(22-10-21-18)25(11-23-15)20-17(27)16(26)14(4-2)28-20/h5-11,13-14,16-17,20,26-27H,3-4H2,1-2H3,(H,21,22,24)/t13-,14-,16?,17+,20-/m1/s1. The summed E-state index contributed by atoms with van der Waals surface area (Å²) in [7, 11) is 0. The number of rotatable bonds is 6. The van der Waals surface area contributed by atoms with Gasteiger partial charge in [0.25, 0.3) is 0 Å². The maximum Gasteiger partial charge on any atom is 0.167 e. The van der Waals surface area contributed by atoms with Gasteiger partial charge in [-0.15, -0.1) is 0 Å². The summed E-state index contributed by atoms with van der Waals surface area (Å²) in [5.41, 5.74) is 2.31. The number of anilines is 1. The van der Waals surface area contributed by atoms with Crippen molar-refractivity contribution < 1.29 is 14.9 Å². The van der Waals surface area contributed by atoms with Crippen LogP contribution in [0.2, 0.25) is 0 Å². The fourth-order valence-electron chi connectivity index (χ4n) is 3.71. The first kappa shape index (κ1) is 18.8. The molecule has 3 aromatic rings. The lowest BCUT2D eigenvalue weighted by Crippen LogP contribution is -2.31. The topological polar surface area (TPSA) is 105 Å². The molecule has 0 saturated carbocycles. The lowest BCUT2D eigenvalue weighted by Gasteiger charge is -2.19. The van der Waals surface area contributed by atoms with E-state index in [1.165, 1.54) is 11.9 Å². The molecule has 28 heavy (non-hydrogen) atoms. The van der Waals surface area contributed by atoms with E-state index in [1.54, 1.807) is 10.9 Å². The maximum atomic E-state index is 10.4. The molecule has 4 rings (SSSR count). The maximum absolute atomic E-state index is 10.4. The van der Waals surface area contributed by atoms with Crippen LogP contribution >= 0.6 is 0 Å². The number of aliphatic hydroxyl groups excluding tert-OH is 2. The quantitative estimate of drug-likeness (QED) is 0.600. The summed E-state index contributed by atoms with van der Waals surface area (Å²) in [4.78, 5) is 13.2. The number of benzene rings is 1. The van der Waals surface area contributed by atoms with Gasteiger partial charge in [0.2, 0.25) is 0 Å². The summed E-state index contributed by atoms with van der Waals surface area (Å²) in [5.74, 6) is 0.625. The Morgan fingerprint density at radius 1 is 1.11 bits per heavy atom. The second-order valence-electron chi connectivity index (χ2n) is 7.02. The molecule has 148 valence electrons. The lowest BCUT2D eigenvalue weighted by molar-refractivity contribution is -0.0355. The highest BCUT2D eigenvalue weighted by molar-refractivity contribution is 5.83. The fourth-order valence-corrected chi connectivity index (χ4v) is 3.71. The molecule has 8 heteroatoms. The molecule has 0 bridgehead atoms. The van der Waals surface area contributed by atoms with Crippen LogP contribution in [-0.2, 0) is 4.74 Å². The van der Waals surface area contributed by atoms with Crippen molar-refractivity contribution in [1.82, 2.24) is 19.5 Å². The average molecular weight is 383 g/mol. The molecule has 5 atom stereocenters. The van der Waals surface area contributed by atoms with E-state index in [4.69, 9.17) is 4.74 Å². The third-order valence-electron chi connectivity index (χ3n) is 5.29. The molecule has 1 aromatic carbocycles. The van der Waals surface area contributed by atoms with E-state index in [-0.39, 0.29) is 6.04 Å². The number of ether oxygens (including phenoxy) is 1. The molecule has 1 fully saturated rings. The van der Waals surface area contributed by atoms with Crippen molar-refractivity contribution in [3.8, 4) is 0 Å². The van der Waals surface area contributed by atoms with Gasteiger partial charge in [0.05, 0.1) is 18.5 Å². The van der Waals surface area contributed by atoms with Crippen molar-refractivity contribution in [2.75, 3.05) is 5.32 Å². The number of imidazole rings is 1. The molecule has 0 radical (unpaired) electrons. The van der Waals surface area contributed by atoms with Gasteiger partial charge >= 0.3 is 0 Å². The SMILES string of the molecule is CC[C@@H](Nc1ncnc2c1ncn2[C@@H]1O[C@H](CC)C(O)[C@@H]1O)c1ccccc1. The molecule has 0 aliphatic carbocycles. The van der Waals surface area contributed by atoms with Gasteiger partial charge < -0.3 is 20.3 Å². The van der Waals surface area contributed by atoms with Crippen LogP contribution in [0.15, 0.2) is 43.0 Å². The van der Waals surface area contributed by atoms with Gasteiger partial charge in [-0.2, -0.15) is 0 Å². The predicted molar refractivity (Wildman–Crippen MR) is 105 cm³/mol. The van der Waals surface area contributed by atoms with Gasteiger partial charge in [-0.3, -0.25) is 4.57 Å². The number of aliphatic hydroxyl groups is 2. The minimum atomic E-state index is -1.04. The molecule has 1 saturated heterocycles. The van der Waals surface area contributed by atoms with E-state index in [9.17, 15) is 10.2 Å². The zero-order chi connectivity index (χ0) is 19.7. The van der Waals surface area contributed by atoms with Crippen LogP contribution in [0, 0.1) is 0 Å². The van der Waals surface area contributed by atoms with Crippen LogP contribution < -0.4 is 5.32 Å². The summed E-state index contributed by atoms with van der Waals surface area (Å²) in [5, 5.41) is 24.0. The summed E-state index contributed by atoms with van der Waals surface area (Å²) < 4.78 is 7.50. The Bertz CT molecular complexity index is 932. The van der Waals surface area contributed by atoms with Crippen LogP contribution in [0.1, 0.15) is 44.5 Å². The number of hydrogen-bond acceptors (Lipinski definition) is 7. The Morgan fingerprint density at radius 3 is 2.57 bits per heavy atom. The first-order chi connectivity index (χ1) is 13.6. The molecular weight excluding hydrogens is 358 g/mol. The highest BCUT2D eigenvalue weighted by Gasteiger charge is 2.43. The Balaban J connectivity index is 1.66. The Morgan fingerprint density at radius 2 is 1.89 bits per heavy atom. The highest BCUT2D eigenvalue weighted by atomic mass is 16.6. The van der Waals surface area contributed by atoms with E-state index in [0.29, 0.717) is 23.4 Å². The van der Waals surface area contributed by atoms with Gasteiger partial charge in [0.1, 0.15) is 18.5 Å². The highest BCUT2D eigenvalue weighted by Crippen LogP contribution is 2.34. The van der Waals surface area contributed by atoms with Crippen molar-refractivity contribution in [1.29, 1.82) is 0 Å². The number of nitrogens with zero attached hydrogens (tertiary/aromatic N) is 4. The number of nitrogens with one attached hydrogen (secondary N) is 1. The van der Waals surface area contributed by atoms with Crippen LogP contribution in [0.5, 0.6) is 0 Å². The number of aromatic nitrogens is 4. The molecule has 1 unspecified atom stereocenters. The summed E-state index contributed by atoms with van der Waals surface area (Å²) in [6.07, 6.45) is 1.41. The van der Waals surface area contributed by atoms with Crippen LogP contribution in [0.4, 0.5) is 5.82 Å². The molecule has 1 aliphatic heterocycles. The van der Waals surface area contributed by atoms with Gasteiger partial charge in [0, 0.05) is 0 Å². The minimum absolute atomic E-state index is 0.0871. The summed E-state index contributed by atoms with van der Waals surface area (Å²) >= 11 is 0. The van der Waals surface area contributed by atoms with Crippen molar-refractivity contribution >= 4 is 17.0 Å². The third kappa shape index (κ3) is 3.23. The monoisotopic (exact) mass is 383 g/mol. The normalized spacial score (nSPS) is 25.9. The third-order valence-corrected chi connectivity index (χ3v) is 5.29. The zero-order valence-corrected chi connectivity index (χ0v) is 15.9. The van der Waals surface area contributed by atoms with Gasteiger partial charge in [0.15, 0.2) is 23.2 Å². The summed E-state index contributed by atoms with van der Waals surface area (Å²) in [6, 6.07) is 10.3. The van der Waals surface area contributed by atoms with E-state index in [2.05, 4.69) is 39.3 Å². The number of hydrogen-bond donors (Lipinski definition) is 3. The minimum Gasteiger partial charge on any atom is -0.388 e. The second kappa shape index (κ2) is 7.83. The van der Waals surface area contributed by atoms with Crippen molar-refractivity contribution in [2.45, 2.75) is 57.3 Å². The lowest BCUT2D eigenvalue weighted by atomic mass is 10.0. The van der Waals surface area contributed by atoms with Crippen molar-refractivity contribution in [2.24, 2.45) is 0 Å². The van der Waals surface area contributed by atoms with Crippen molar-refractivity contribution in [3.05, 3.63) is 48.5 Å². The molecule has 3 N–H and O–H groups in total. The van der Waals surface area contributed by atoms with Crippen molar-refractivity contribution in [3.63, 3.8) is 0 Å². The number of fused-ring (bicyclic) bond motifs is 1. The van der Waals surface area contributed by atoms with Gasteiger partial charge in [-0.25, -0.2) is 15.0 Å². The van der Waals surface area contributed by atoms with Gasteiger partial charge in [-0.1, -0.05) is 44.2 Å². The fraction of sp³-hybridized carbons (Fsp3) is 0.450. The second-order valence-corrected chi connectivity index (χ2v) is 7.02. The molecule has 0 spiro atoms. The zero-order valence-electron chi connectivity index (χ0n) is 15.9. The summed E-state index contributed by atoms with van der Waals surface area (Å²) in [6.45, 7) is 4.02. The Kier molecular flexibility index (Phi) is 5.25. The molecule has 0 amide bonds. The first-order valence-electron chi connectivity index (χ1n) is 9.64. The van der Waals surface area contributed by atoms with E-state index in [0.717, 1.165) is 6.42 Å².